The molecule has 2 aliphatic rings. The molecule has 5 rings (SSSR count). The van der Waals surface area contributed by atoms with Crippen LogP contribution in [0, 0.1) is 5.92 Å². The number of benzene rings is 2. The van der Waals surface area contributed by atoms with E-state index in [0.29, 0.717) is 24.5 Å². The lowest BCUT2D eigenvalue weighted by Gasteiger charge is -2.28. The molecule has 0 radical (unpaired) electrons. The van der Waals surface area contributed by atoms with E-state index >= 15 is 0 Å². The first kappa shape index (κ1) is 28.0. The van der Waals surface area contributed by atoms with Crippen molar-refractivity contribution in [3.63, 3.8) is 0 Å². The normalized spacial score (nSPS) is 22.1. The van der Waals surface area contributed by atoms with Crippen molar-refractivity contribution in [1.29, 1.82) is 0 Å². The zero-order chi connectivity index (χ0) is 27.7. The van der Waals surface area contributed by atoms with Gasteiger partial charge in [-0.25, -0.2) is 14.6 Å². The number of fused-ring (bicyclic) bond motifs is 1. The van der Waals surface area contributed by atoms with E-state index in [4.69, 9.17) is 18.9 Å². The van der Waals surface area contributed by atoms with E-state index in [9.17, 15) is 14.7 Å². The van der Waals surface area contributed by atoms with E-state index < -0.39 is 36.5 Å². The fourth-order valence-corrected chi connectivity index (χ4v) is 5.58. The lowest BCUT2D eigenvalue weighted by Crippen LogP contribution is -2.49. The van der Waals surface area contributed by atoms with Crippen LogP contribution in [0.25, 0.3) is 0 Å². The lowest BCUT2D eigenvalue weighted by molar-refractivity contribution is -0.0907. The highest BCUT2D eigenvalue weighted by atomic mass is 32.1. The van der Waals surface area contributed by atoms with Crippen LogP contribution in [0.2, 0.25) is 0 Å². The Morgan fingerprint density at radius 3 is 2.42 bits per heavy atom. The maximum Gasteiger partial charge on any atom is 0.413 e. The Balaban J connectivity index is 1.27. The summed E-state index contributed by atoms with van der Waals surface area (Å²) >= 11 is 1.21. The summed E-state index contributed by atoms with van der Waals surface area (Å²) < 4.78 is 22.2. The molecule has 2 aromatic carbocycles. The van der Waals surface area contributed by atoms with Crippen molar-refractivity contribution in [3.05, 3.63) is 83.5 Å². The monoisotopic (exact) mass is 567 g/mol. The van der Waals surface area contributed by atoms with Gasteiger partial charge in [0.2, 0.25) is 5.06 Å². The molecule has 3 N–H and O–H groups in total. The second-order valence-electron chi connectivity index (χ2n) is 9.95. The van der Waals surface area contributed by atoms with E-state index in [2.05, 4.69) is 15.6 Å². The number of nitrogens with zero attached hydrogens (tertiary/aromatic N) is 1. The molecule has 6 atom stereocenters. The second kappa shape index (κ2) is 13.7. The fourth-order valence-electron chi connectivity index (χ4n) is 5.11. The Bertz CT molecular complexity index is 1210. The number of nitrogens with one attached hydrogen (secondary N) is 2. The van der Waals surface area contributed by atoms with E-state index in [0.717, 1.165) is 17.5 Å². The minimum atomic E-state index is -1.01. The number of hydrogen-bond donors (Lipinski definition) is 3. The molecule has 0 aliphatic carbocycles. The molecule has 0 saturated carbocycles. The molecule has 212 valence electrons. The highest BCUT2D eigenvalue weighted by Gasteiger charge is 2.44. The minimum absolute atomic E-state index is 0.00672. The van der Waals surface area contributed by atoms with Crippen molar-refractivity contribution in [1.82, 2.24) is 15.6 Å². The third-order valence-corrected chi connectivity index (χ3v) is 7.73. The van der Waals surface area contributed by atoms with Crippen LogP contribution in [-0.2, 0) is 27.1 Å². The van der Waals surface area contributed by atoms with Gasteiger partial charge in [0, 0.05) is 6.04 Å². The molecular formula is C29H33N3O7S. The van der Waals surface area contributed by atoms with Gasteiger partial charge >= 0.3 is 12.2 Å². The molecule has 2 aliphatic heterocycles. The van der Waals surface area contributed by atoms with Crippen molar-refractivity contribution >= 4 is 23.5 Å². The Morgan fingerprint density at radius 2 is 1.73 bits per heavy atom. The zero-order valence-corrected chi connectivity index (χ0v) is 22.7. The van der Waals surface area contributed by atoms with Gasteiger partial charge in [0.15, 0.2) is 6.29 Å². The SMILES string of the molecule is O=C(N[C@@H](Cc1ccccc1)C[C@H](O)[C@H](Cc1ccccc1)NC(=O)OC1COC2OCCC12)Oc1cncs1. The number of amides is 2. The number of carbonyl (C=O) groups excluding carboxylic acids is 2. The lowest BCUT2D eigenvalue weighted by atomic mass is 9.94. The van der Waals surface area contributed by atoms with Crippen molar-refractivity contribution in [2.45, 2.75) is 56.3 Å². The number of aliphatic hydroxyl groups excluding tert-OH is 1. The summed E-state index contributed by atoms with van der Waals surface area (Å²) in [5, 5.41) is 17.5. The van der Waals surface area contributed by atoms with Crippen LogP contribution in [-0.4, -0.2) is 66.1 Å². The van der Waals surface area contributed by atoms with Crippen LogP contribution < -0.4 is 15.4 Å². The Kier molecular flexibility index (Phi) is 9.61. The van der Waals surface area contributed by atoms with Gasteiger partial charge < -0.3 is 34.7 Å². The molecule has 0 bridgehead atoms. The number of alkyl carbamates (subject to hydrolysis) is 1. The van der Waals surface area contributed by atoms with Gasteiger partial charge in [-0.3, -0.25) is 0 Å². The number of hydrogen-bond acceptors (Lipinski definition) is 9. The number of thiazole rings is 1. The molecular weight excluding hydrogens is 534 g/mol. The molecule has 0 spiro atoms. The standard InChI is InChI=1S/C29H33N3O7S/c33-24(15-21(13-19-7-3-1-4-8-19)31-28(34)39-26-16-30-18-40-26)23(14-20-9-5-2-6-10-20)32-29(35)38-25-17-37-27-22(25)11-12-36-27/h1-10,16,18,21-25,27,33H,11-15,17H2,(H,31,34)(H,32,35)/t21-,22?,23-,24-,25?,27?/m0/s1. The quantitative estimate of drug-likeness (QED) is 0.320. The van der Waals surface area contributed by atoms with Crippen molar-refractivity contribution in [3.8, 4) is 5.06 Å². The van der Waals surface area contributed by atoms with Crippen LogP contribution in [0.4, 0.5) is 9.59 Å². The van der Waals surface area contributed by atoms with Crippen LogP contribution in [0.3, 0.4) is 0 Å². The Morgan fingerprint density at radius 1 is 1.00 bits per heavy atom. The Hall–Kier alpha value is -3.51. The van der Waals surface area contributed by atoms with Crippen LogP contribution in [0.15, 0.2) is 72.4 Å². The third kappa shape index (κ3) is 7.79. The molecule has 2 fully saturated rings. The van der Waals surface area contributed by atoms with Gasteiger partial charge in [0.25, 0.3) is 0 Å². The predicted octanol–water partition coefficient (Wildman–Crippen LogP) is 3.69. The number of ether oxygens (including phenoxy) is 4. The molecule has 3 unspecified atom stereocenters. The smallest absolute Gasteiger partial charge is 0.413 e. The molecule has 10 nitrogen and oxygen atoms in total. The average Bonchev–Trinajstić information content (AvgIpc) is 3.70. The molecule has 1 aromatic heterocycles. The van der Waals surface area contributed by atoms with E-state index in [1.807, 2.05) is 60.7 Å². The van der Waals surface area contributed by atoms with E-state index in [1.54, 1.807) is 5.51 Å². The maximum absolute atomic E-state index is 13.0. The van der Waals surface area contributed by atoms with Crippen LogP contribution >= 0.6 is 11.3 Å². The van der Waals surface area contributed by atoms with Gasteiger partial charge in [0.05, 0.1) is 43.0 Å². The number of rotatable bonds is 11. The van der Waals surface area contributed by atoms with Gasteiger partial charge in [-0.2, -0.15) is 0 Å². The van der Waals surface area contributed by atoms with Crippen molar-refractivity contribution < 1.29 is 33.6 Å². The van der Waals surface area contributed by atoms with Crippen molar-refractivity contribution in [2.75, 3.05) is 13.2 Å². The summed E-state index contributed by atoms with van der Waals surface area (Å²) in [6.45, 7) is 0.854. The largest absolute Gasteiger partial charge is 0.443 e. The molecule has 3 aromatic rings. The molecule has 2 amide bonds. The fraction of sp³-hybridized carbons (Fsp3) is 0.414. The first-order valence-electron chi connectivity index (χ1n) is 13.4. The summed E-state index contributed by atoms with van der Waals surface area (Å²) in [5.74, 6) is 0.00672. The van der Waals surface area contributed by atoms with Gasteiger partial charge in [0.1, 0.15) is 6.10 Å². The zero-order valence-electron chi connectivity index (χ0n) is 21.9. The van der Waals surface area contributed by atoms with Gasteiger partial charge in [-0.05, 0) is 36.8 Å². The minimum Gasteiger partial charge on any atom is -0.443 e. The third-order valence-electron chi connectivity index (χ3n) is 7.09. The second-order valence-corrected chi connectivity index (χ2v) is 10.8. The summed E-state index contributed by atoms with van der Waals surface area (Å²) in [4.78, 5) is 29.6. The van der Waals surface area contributed by atoms with E-state index in [-0.39, 0.29) is 25.2 Å². The number of carbonyl (C=O) groups is 2. The predicted molar refractivity (Wildman–Crippen MR) is 147 cm³/mol. The van der Waals surface area contributed by atoms with Crippen LogP contribution in [0.5, 0.6) is 5.06 Å². The first-order valence-corrected chi connectivity index (χ1v) is 14.2. The van der Waals surface area contributed by atoms with E-state index in [1.165, 1.54) is 17.5 Å². The molecule has 3 heterocycles. The van der Waals surface area contributed by atoms with Gasteiger partial charge in [-0.1, -0.05) is 72.0 Å². The maximum atomic E-state index is 13.0. The number of aliphatic hydroxyl groups is 1. The number of aromatic nitrogens is 1. The molecule has 11 heteroatoms. The average molecular weight is 568 g/mol. The molecule has 2 saturated heterocycles. The summed E-state index contributed by atoms with van der Waals surface area (Å²) in [6, 6.07) is 18.1. The highest BCUT2D eigenvalue weighted by Crippen LogP contribution is 2.33. The first-order chi connectivity index (χ1) is 19.5. The topological polar surface area (TPSA) is 128 Å². The molecule has 40 heavy (non-hydrogen) atoms. The van der Waals surface area contributed by atoms with Crippen molar-refractivity contribution in [2.24, 2.45) is 5.92 Å². The van der Waals surface area contributed by atoms with Gasteiger partial charge in [-0.15, -0.1) is 0 Å². The Labute approximate surface area is 236 Å². The highest BCUT2D eigenvalue weighted by molar-refractivity contribution is 7.11. The summed E-state index contributed by atoms with van der Waals surface area (Å²) in [7, 11) is 0. The van der Waals surface area contributed by atoms with Crippen LogP contribution in [0.1, 0.15) is 24.0 Å². The summed E-state index contributed by atoms with van der Waals surface area (Å²) in [6.07, 6.45) is 0.209. The summed E-state index contributed by atoms with van der Waals surface area (Å²) in [5.41, 5.74) is 3.50.